The van der Waals surface area contributed by atoms with Gasteiger partial charge in [-0.1, -0.05) is 12.0 Å². The normalized spacial score (nSPS) is 11.4. The second-order valence-corrected chi connectivity index (χ2v) is 10.2. The number of anilines is 3. The van der Waals surface area contributed by atoms with Gasteiger partial charge in [0.1, 0.15) is 17.0 Å². The van der Waals surface area contributed by atoms with Gasteiger partial charge in [-0.3, -0.25) is 28.0 Å². The molecule has 0 amide bonds. The molecule has 0 unspecified atom stereocenters. The Kier molecular flexibility index (Phi) is 6.27. The average Bonchev–Trinajstić information content (AvgIpc) is 2.84. The molecule has 0 radical (unpaired) electrons. The van der Waals surface area contributed by atoms with Gasteiger partial charge in [-0.2, -0.15) is 0 Å². The number of rotatable bonds is 5. The summed E-state index contributed by atoms with van der Waals surface area (Å²) in [6.07, 6.45) is 6.31. The fourth-order valence-electron chi connectivity index (χ4n) is 4.05. The fourth-order valence-corrected chi connectivity index (χ4v) is 4.60. The Morgan fingerprint density at radius 2 is 1.70 bits per heavy atom. The van der Waals surface area contributed by atoms with Gasteiger partial charge in [0.2, 0.25) is 10.0 Å². The van der Waals surface area contributed by atoms with E-state index in [2.05, 4.69) is 16.0 Å². The summed E-state index contributed by atoms with van der Waals surface area (Å²) in [7, 11) is -0.936. The molecule has 0 saturated carbocycles. The van der Waals surface area contributed by atoms with Gasteiger partial charge in [0, 0.05) is 25.2 Å². The number of aryl methyl sites for hydroxylation is 1. The Morgan fingerprint density at radius 1 is 1.00 bits per heavy atom. The lowest BCUT2D eigenvalue weighted by atomic mass is 10.1. The van der Waals surface area contributed by atoms with E-state index < -0.39 is 32.6 Å². The number of nitrogens with zero attached hydrogens (tertiary/aromatic N) is 3. The van der Waals surface area contributed by atoms with Crippen molar-refractivity contribution in [2.75, 3.05) is 16.3 Å². The van der Waals surface area contributed by atoms with Crippen LogP contribution >= 0.6 is 0 Å². The number of aromatic nitrogens is 3. The van der Waals surface area contributed by atoms with E-state index in [0.29, 0.717) is 5.56 Å². The van der Waals surface area contributed by atoms with Gasteiger partial charge in [-0.05, 0) is 43.3 Å². The predicted molar refractivity (Wildman–Crippen MR) is 141 cm³/mol. The van der Waals surface area contributed by atoms with Crippen LogP contribution in [0.5, 0.6) is 0 Å². The van der Waals surface area contributed by atoms with Gasteiger partial charge >= 0.3 is 5.69 Å². The van der Waals surface area contributed by atoms with E-state index in [-0.39, 0.29) is 39.3 Å². The Morgan fingerprint density at radius 3 is 2.32 bits per heavy atom. The second-order valence-electron chi connectivity index (χ2n) is 8.43. The summed E-state index contributed by atoms with van der Waals surface area (Å²) in [5, 5.41) is 2.76. The molecule has 0 aliphatic rings. The van der Waals surface area contributed by atoms with Crippen LogP contribution in [0, 0.1) is 25.1 Å². The van der Waals surface area contributed by atoms with Gasteiger partial charge in [0.05, 0.1) is 28.8 Å². The maximum Gasteiger partial charge on any atom is 0.335 e. The van der Waals surface area contributed by atoms with E-state index in [0.717, 1.165) is 26.0 Å². The lowest BCUT2D eigenvalue weighted by Crippen LogP contribution is -2.40. The van der Waals surface area contributed by atoms with Crippen LogP contribution in [-0.2, 0) is 24.1 Å². The SMILES string of the molecule is C#Cc1ccc(Nc2c3c(=O)n(C)c(=O)n(-c4cccc(NS(C)(=O)=O)c4)c3c(C)c(=O)n2C)c(F)c1. The first-order chi connectivity index (χ1) is 17.3. The molecule has 2 aromatic heterocycles. The lowest BCUT2D eigenvalue weighted by Gasteiger charge is -2.20. The zero-order valence-corrected chi connectivity index (χ0v) is 21.1. The summed E-state index contributed by atoms with van der Waals surface area (Å²) < 4.78 is 43.7. The predicted octanol–water partition coefficient (Wildman–Crippen LogP) is 1.93. The molecule has 4 aromatic rings. The third kappa shape index (κ3) is 4.52. The molecule has 2 heterocycles. The number of halogens is 1. The van der Waals surface area contributed by atoms with Crippen LogP contribution in [-0.4, -0.2) is 28.4 Å². The lowest BCUT2D eigenvalue weighted by molar-refractivity contribution is 0.607. The smallest absolute Gasteiger partial charge is 0.335 e. The second kappa shape index (κ2) is 9.11. The first-order valence-corrected chi connectivity index (χ1v) is 12.7. The van der Waals surface area contributed by atoms with Crippen LogP contribution in [0.3, 0.4) is 0 Å². The topological polar surface area (TPSA) is 124 Å². The molecule has 0 fully saturated rings. The van der Waals surface area contributed by atoms with Crippen molar-refractivity contribution < 1.29 is 12.8 Å². The molecule has 190 valence electrons. The highest BCUT2D eigenvalue weighted by Gasteiger charge is 2.23. The van der Waals surface area contributed by atoms with Crippen LogP contribution in [0.15, 0.2) is 56.8 Å². The Hall–Kier alpha value is -4.63. The summed E-state index contributed by atoms with van der Waals surface area (Å²) in [4.78, 5) is 39.9. The number of benzene rings is 2. The number of terminal acetylenes is 1. The van der Waals surface area contributed by atoms with Crippen LogP contribution in [0.4, 0.5) is 21.6 Å². The Bertz CT molecular complexity index is 1930. The van der Waals surface area contributed by atoms with E-state index in [1.165, 1.54) is 57.4 Å². The molecular weight excluding hydrogens is 501 g/mol. The minimum atomic E-state index is -3.62. The van der Waals surface area contributed by atoms with Gasteiger partial charge in [-0.25, -0.2) is 17.6 Å². The third-order valence-electron chi connectivity index (χ3n) is 5.81. The third-order valence-corrected chi connectivity index (χ3v) is 6.41. The maximum absolute atomic E-state index is 14.8. The van der Waals surface area contributed by atoms with E-state index in [9.17, 15) is 27.2 Å². The molecule has 4 rings (SSSR count). The highest BCUT2D eigenvalue weighted by atomic mass is 32.2. The first-order valence-electron chi connectivity index (χ1n) is 10.8. The molecule has 0 atom stereocenters. The molecular formula is C25H22FN5O5S. The molecule has 0 saturated heterocycles. The first kappa shape index (κ1) is 25.5. The fraction of sp³-hybridized carbons (Fsp3) is 0.160. The molecule has 12 heteroatoms. The highest BCUT2D eigenvalue weighted by Crippen LogP contribution is 2.27. The number of sulfonamides is 1. The Labute approximate surface area is 210 Å². The monoisotopic (exact) mass is 523 g/mol. The van der Waals surface area contributed by atoms with Gasteiger partial charge < -0.3 is 5.32 Å². The van der Waals surface area contributed by atoms with Crippen molar-refractivity contribution in [2.24, 2.45) is 14.1 Å². The molecule has 0 spiro atoms. The van der Waals surface area contributed by atoms with Crippen molar-refractivity contribution in [3.05, 3.63) is 90.6 Å². The summed E-state index contributed by atoms with van der Waals surface area (Å²) >= 11 is 0. The molecule has 10 nitrogen and oxygen atoms in total. The van der Waals surface area contributed by atoms with Crippen molar-refractivity contribution >= 4 is 38.1 Å². The van der Waals surface area contributed by atoms with Crippen molar-refractivity contribution in [3.63, 3.8) is 0 Å². The number of nitrogens with one attached hydrogen (secondary N) is 2. The molecule has 0 aliphatic heterocycles. The van der Waals surface area contributed by atoms with Gasteiger partial charge in [0.25, 0.3) is 11.1 Å². The van der Waals surface area contributed by atoms with E-state index >= 15 is 0 Å². The summed E-state index contributed by atoms with van der Waals surface area (Å²) in [6.45, 7) is 1.46. The van der Waals surface area contributed by atoms with Crippen molar-refractivity contribution in [3.8, 4) is 18.0 Å². The van der Waals surface area contributed by atoms with Crippen LogP contribution < -0.4 is 26.8 Å². The van der Waals surface area contributed by atoms with Crippen LogP contribution in [0.25, 0.3) is 16.6 Å². The molecule has 2 aromatic carbocycles. The standard InChI is InChI=1S/C25H22FN5O5S/c1-6-15-10-11-19(18(26)12-15)27-22-20-21(14(2)23(32)29(22)3)31(25(34)30(4)24(20)33)17-9-7-8-16(13-17)28-37(5,35)36/h1,7-13,27-28H,2-5H3. The average molecular weight is 524 g/mol. The van der Waals surface area contributed by atoms with Crippen LogP contribution in [0.1, 0.15) is 11.1 Å². The molecule has 37 heavy (non-hydrogen) atoms. The van der Waals surface area contributed by atoms with Crippen LogP contribution in [0.2, 0.25) is 0 Å². The number of pyridine rings is 1. The number of hydrogen-bond donors (Lipinski definition) is 2. The Balaban J connectivity index is 2.11. The van der Waals surface area contributed by atoms with Gasteiger partial charge in [0.15, 0.2) is 0 Å². The van der Waals surface area contributed by atoms with Gasteiger partial charge in [-0.15, -0.1) is 6.42 Å². The van der Waals surface area contributed by atoms with Crippen molar-refractivity contribution in [1.82, 2.24) is 13.7 Å². The number of hydrogen-bond acceptors (Lipinski definition) is 6. The highest BCUT2D eigenvalue weighted by molar-refractivity contribution is 7.92. The van der Waals surface area contributed by atoms with E-state index in [1.54, 1.807) is 0 Å². The summed E-state index contributed by atoms with van der Waals surface area (Å²) in [6, 6.07) is 9.93. The molecule has 2 N–H and O–H groups in total. The number of fused-ring (bicyclic) bond motifs is 1. The largest absolute Gasteiger partial charge is 0.338 e. The molecule has 0 aliphatic carbocycles. The quantitative estimate of drug-likeness (QED) is 0.386. The van der Waals surface area contributed by atoms with E-state index in [4.69, 9.17) is 6.42 Å². The summed E-state index contributed by atoms with van der Waals surface area (Å²) in [5.74, 6) is 1.58. The minimum Gasteiger partial charge on any atom is -0.338 e. The zero-order chi connectivity index (χ0) is 27.2. The summed E-state index contributed by atoms with van der Waals surface area (Å²) in [5.41, 5.74) is -1.31. The minimum absolute atomic E-state index is 0.00383. The zero-order valence-electron chi connectivity index (χ0n) is 20.3. The van der Waals surface area contributed by atoms with Crippen molar-refractivity contribution in [1.29, 1.82) is 0 Å². The maximum atomic E-state index is 14.8. The molecule has 0 bridgehead atoms. The van der Waals surface area contributed by atoms with Crippen molar-refractivity contribution in [2.45, 2.75) is 6.92 Å². The van der Waals surface area contributed by atoms with E-state index in [1.807, 2.05) is 0 Å².